The van der Waals surface area contributed by atoms with Gasteiger partial charge in [-0.2, -0.15) is 0 Å². The Labute approximate surface area is 130 Å². The molecule has 1 atom stereocenters. The fraction of sp³-hybridized carbons (Fsp3) is 0.941. The van der Waals surface area contributed by atoms with E-state index in [-0.39, 0.29) is 0 Å². The molecule has 4 nitrogen and oxygen atoms in total. The Hall–Kier alpha value is -0.610. The van der Waals surface area contributed by atoms with Crippen molar-refractivity contribution >= 4 is 5.97 Å². The lowest BCUT2D eigenvalue weighted by Crippen LogP contribution is -2.12. The molecule has 1 aliphatic heterocycles. The predicted octanol–water partition coefficient (Wildman–Crippen LogP) is 5.11. The minimum atomic E-state index is -0.833. The van der Waals surface area contributed by atoms with Crippen LogP contribution in [0.3, 0.4) is 0 Å². The van der Waals surface area contributed by atoms with Crippen LogP contribution in [0.2, 0.25) is 0 Å². The highest BCUT2D eigenvalue weighted by molar-refractivity contribution is 5.62. The lowest BCUT2D eigenvalue weighted by atomic mass is 10.0. The van der Waals surface area contributed by atoms with Gasteiger partial charge in [-0.3, -0.25) is 4.79 Å². The van der Waals surface area contributed by atoms with Gasteiger partial charge < -0.3 is 5.11 Å². The van der Waals surface area contributed by atoms with E-state index in [9.17, 15) is 0 Å². The Morgan fingerprint density at radius 1 is 0.952 bits per heavy atom. The first kappa shape index (κ1) is 20.4. The summed E-state index contributed by atoms with van der Waals surface area (Å²) in [6.45, 7) is 4.04. The van der Waals surface area contributed by atoms with E-state index in [1.165, 1.54) is 57.8 Å². The van der Waals surface area contributed by atoms with Gasteiger partial charge in [-0.15, -0.1) is 0 Å². The molecule has 1 fully saturated rings. The molecule has 0 bridgehead atoms. The van der Waals surface area contributed by atoms with Crippen LogP contribution in [-0.4, -0.2) is 23.8 Å². The first-order valence-electron chi connectivity index (χ1n) is 8.64. The van der Waals surface area contributed by atoms with Gasteiger partial charge in [-0.1, -0.05) is 64.7 Å². The number of carboxylic acid groups (broad SMARTS) is 1. The standard InChI is InChI=1S/C15H30O2.C2H4O2/c1-2-15-13-11-9-7-5-3-4-6-8-10-12-14-16-17-15;1-2(3)4/h15H,2-14H2,1H3;1H3,(H,3,4). The molecule has 1 N–H and O–H groups in total. The molecular formula is C17H34O4. The van der Waals surface area contributed by atoms with Crippen molar-refractivity contribution in [1.82, 2.24) is 0 Å². The average molecular weight is 302 g/mol. The largest absolute Gasteiger partial charge is 0.481 e. The van der Waals surface area contributed by atoms with Crippen LogP contribution in [0.25, 0.3) is 0 Å². The highest BCUT2D eigenvalue weighted by Crippen LogP contribution is 2.15. The maximum absolute atomic E-state index is 9.00. The van der Waals surface area contributed by atoms with Crippen LogP contribution < -0.4 is 0 Å². The summed E-state index contributed by atoms with van der Waals surface area (Å²) in [6, 6.07) is 0. The van der Waals surface area contributed by atoms with Gasteiger partial charge in [0.2, 0.25) is 0 Å². The van der Waals surface area contributed by atoms with Gasteiger partial charge in [0.1, 0.15) is 0 Å². The molecule has 0 spiro atoms. The lowest BCUT2D eigenvalue weighted by molar-refractivity contribution is -0.326. The monoisotopic (exact) mass is 302 g/mol. The Balaban J connectivity index is 0.000000885. The van der Waals surface area contributed by atoms with E-state index in [0.717, 1.165) is 32.8 Å². The Kier molecular flexibility index (Phi) is 15.3. The fourth-order valence-corrected chi connectivity index (χ4v) is 2.41. The number of carboxylic acids is 1. The summed E-state index contributed by atoms with van der Waals surface area (Å²) in [5, 5.41) is 7.42. The molecule has 0 aliphatic carbocycles. The van der Waals surface area contributed by atoms with Crippen LogP contribution in [0.15, 0.2) is 0 Å². The molecular weight excluding hydrogens is 268 g/mol. The Morgan fingerprint density at radius 3 is 1.86 bits per heavy atom. The summed E-state index contributed by atoms with van der Waals surface area (Å²) in [6.07, 6.45) is 16.1. The second-order valence-electron chi connectivity index (χ2n) is 5.79. The summed E-state index contributed by atoms with van der Waals surface area (Å²) in [5.74, 6) is -0.833. The molecule has 0 aromatic carbocycles. The van der Waals surface area contributed by atoms with Crippen molar-refractivity contribution in [2.45, 2.75) is 97.0 Å². The predicted molar refractivity (Wildman–Crippen MR) is 85.2 cm³/mol. The third-order valence-electron chi connectivity index (χ3n) is 3.66. The number of rotatable bonds is 1. The normalized spacial score (nSPS) is 23.0. The topological polar surface area (TPSA) is 55.8 Å². The smallest absolute Gasteiger partial charge is 0.300 e. The zero-order valence-corrected chi connectivity index (χ0v) is 13.9. The minimum absolute atomic E-state index is 0.320. The molecule has 21 heavy (non-hydrogen) atoms. The molecule has 126 valence electrons. The van der Waals surface area contributed by atoms with Gasteiger partial charge in [0, 0.05) is 6.92 Å². The zero-order chi connectivity index (χ0) is 15.8. The molecule has 1 unspecified atom stereocenters. The van der Waals surface area contributed by atoms with Crippen LogP contribution in [0, 0.1) is 0 Å². The quantitative estimate of drug-likeness (QED) is 0.684. The van der Waals surface area contributed by atoms with E-state index in [2.05, 4.69) is 6.92 Å². The lowest BCUT2D eigenvalue weighted by Gasteiger charge is -2.14. The summed E-state index contributed by atoms with van der Waals surface area (Å²) in [7, 11) is 0. The van der Waals surface area contributed by atoms with E-state index < -0.39 is 5.97 Å². The highest BCUT2D eigenvalue weighted by atomic mass is 17.2. The van der Waals surface area contributed by atoms with Gasteiger partial charge in [-0.25, -0.2) is 9.78 Å². The molecule has 0 aromatic heterocycles. The summed E-state index contributed by atoms with van der Waals surface area (Å²) < 4.78 is 0. The molecule has 0 aromatic rings. The van der Waals surface area contributed by atoms with Crippen molar-refractivity contribution in [3.8, 4) is 0 Å². The van der Waals surface area contributed by atoms with Crippen LogP contribution in [0.5, 0.6) is 0 Å². The van der Waals surface area contributed by atoms with Crippen LogP contribution in [-0.2, 0) is 14.6 Å². The van der Waals surface area contributed by atoms with E-state index in [0.29, 0.717) is 6.10 Å². The van der Waals surface area contributed by atoms with Gasteiger partial charge >= 0.3 is 0 Å². The third-order valence-corrected chi connectivity index (χ3v) is 3.66. The molecule has 1 heterocycles. The maximum Gasteiger partial charge on any atom is 0.300 e. The maximum atomic E-state index is 9.00. The van der Waals surface area contributed by atoms with Gasteiger partial charge in [0.15, 0.2) is 0 Å². The van der Waals surface area contributed by atoms with Crippen molar-refractivity contribution in [3.63, 3.8) is 0 Å². The molecule has 0 radical (unpaired) electrons. The first-order chi connectivity index (χ1) is 10.2. The number of aliphatic carboxylic acids is 1. The second-order valence-corrected chi connectivity index (χ2v) is 5.79. The first-order valence-corrected chi connectivity index (χ1v) is 8.64. The minimum Gasteiger partial charge on any atom is -0.481 e. The average Bonchev–Trinajstić information content (AvgIpc) is 2.45. The van der Waals surface area contributed by atoms with Crippen LogP contribution >= 0.6 is 0 Å². The summed E-state index contributed by atoms with van der Waals surface area (Å²) in [4.78, 5) is 19.8. The van der Waals surface area contributed by atoms with Crippen LogP contribution in [0.1, 0.15) is 90.9 Å². The molecule has 0 amide bonds. The number of hydrogen-bond acceptors (Lipinski definition) is 3. The summed E-state index contributed by atoms with van der Waals surface area (Å²) >= 11 is 0. The third kappa shape index (κ3) is 17.3. The van der Waals surface area contributed by atoms with Gasteiger partial charge in [0.25, 0.3) is 5.97 Å². The molecule has 1 saturated heterocycles. The second kappa shape index (κ2) is 15.8. The van der Waals surface area contributed by atoms with Crippen LogP contribution in [0.4, 0.5) is 0 Å². The fourth-order valence-electron chi connectivity index (χ4n) is 2.41. The van der Waals surface area contributed by atoms with Crippen molar-refractivity contribution in [3.05, 3.63) is 0 Å². The van der Waals surface area contributed by atoms with Crippen molar-refractivity contribution in [2.75, 3.05) is 6.61 Å². The Bertz CT molecular complexity index is 211. The van der Waals surface area contributed by atoms with E-state index in [1.807, 2.05) is 0 Å². The molecule has 1 rings (SSSR count). The Morgan fingerprint density at radius 2 is 1.38 bits per heavy atom. The highest BCUT2D eigenvalue weighted by Gasteiger charge is 2.07. The van der Waals surface area contributed by atoms with Gasteiger partial charge in [-0.05, 0) is 19.3 Å². The number of hydrogen-bond donors (Lipinski definition) is 1. The molecule has 1 aliphatic rings. The zero-order valence-electron chi connectivity index (χ0n) is 13.9. The molecule has 0 saturated carbocycles. The summed E-state index contributed by atoms with van der Waals surface area (Å²) in [5.41, 5.74) is 0. The van der Waals surface area contributed by atoms with Crippen molar-refractivity contribution in [1.29, 1.82) is 0 Å². The van der Waals surface area contributed by atoms with Gasteiger partial charge in [0.05, 0.1) is 12.7 Å². The van der Waals surface area contributed by atoms with Crippen molar-refractivity contribution < 1.29 is 19.7 Å². The van der Waals surface area contributed by atoms with E-state index >= 15 is 0 Å². The number of carbonyl (C=O) groups is 1. The molecule has 4 heteroatoms. The van der Waals surface area contributed by atoms with Crippen molar-refractivity contribution in [2.24, 2.45) is 0 Å². The van der Waals surface area contributed by atoms with E-state index in [4.69, 9.17) is 19.7 Å². The SMILES string of the molecule is CC(=O)O.CCC1CCCCCCCCCCCCOO1. The van der Waals surface area contributed by atoms with E-state index in [1.54, 1.807) is 0 Å².